The van der Waals surface area contributed by atoms with Gasteiger partial charge in [0.15, 0.2) is 0 Å². The van der Waals surface area contributed by atoms with E-state index in [1.54, 1.807) is 0 Å². The highest BCUT2D eigenvalue weighted by molar-refractivity contribution is 4.99. The lowest BCUT2D eigenvalue weighted by molar-refractivity contribution is 0.0589. The van der Waals surface area contributed by atoms with Crippen molar-refractivity contribution in [1.29, 1.82) is 0 Å². The van der Waals surface area contributed by atoms with Crippen LogP contribution >= 0.6 is 0 Å². The minimum absolute atomic E-state index is 0.126. The van der Waals surface area contributed by atoms with E-state index in [1.165, 1.54) is 0 Å². The first-order valence-corrected chi connectivity index (χ1v) is 7.81. The van der Waals surface area contributed by atoms with Crippen LogP contribution in [0, 0.1) is 22.7 Å². The topological polar surface area (TPSA) is 12.0 Å². The number of rotatable bonds is 4. The Morgan fingerprint density at radius 2 is 0.737 bits per heavy atom. The van der Waals surface area contributed by atoms with Gasteiger partial charge in [-0.3, -0.25) is 0 Å². The zero-order valence-electron chi connectivity index (χ0n) is 15.7. The quantitative estimate of drug-likeness (QED) is 0.711. The molecule has 0 saturated heterocycles. The molecule has 0 aliphatic carbocycles. The van der Waals surface area contributed by atoms with Gasteiger partial charge in [-0.1, -0.05) is 55.4 Å². The van der Waals surface area contributed by atoms with E-state index >= 15 is 0 Å². The van der Waals surface area contributed by atoms with E-state index in [2.05, 4.69) is 88.4 Å². The molecule has 2 atom stereocenters. The summed E-state index contributed by atoms with van der Waals surface area (Å²) in [6.45, 7) is 28.1. The molecule has 0 radical (unpaired) electrons. The maximum atomic E-state index is 3.95. The Morgan fingerprint density at radius 1 is 0.526 bits per heavy atom. The van der Waals surface area contributed by atoms with Gasteiger partial charge in [0.1, 0.15) is 0 Å². The third-order valence-corrected chi connectivity index (χ3v) is 5.41. The van der Waals surface area contributed by atoms with E-state index in [4.69, 9.17) is 0 Å². The zero-order valence-corrected chi connectivity index (χ0v) is 15.7. The lowest BCUT2D eigenvalue weighted by Gasteiger charge is -2.50. The molecule has 19 heavy (non-hydrogen) atoms. The molecule has 0 saturated carbocycles. The van der Waals surface area contributed by atoms with Crippen molar-refractivity contribution in [3.8, 4) is 0 Å². The first kappa shape index (κ1) is 19.0. The highest BCUT2D eigenvalue weighted by Gasteiger charge is 2.42. The summed E-state index contributed by atoms with van der Waals surface area (Å²) in [5, 5.41) is 3.95. The van der Waals surface area contributed by atoms with Crippen molar-refractivity contribution in [2.75, 3.05) is 0 Å². The van der Waals surface area contributed by atoms with Gasteiger partial charge in [0.05, 0.1) is 0 Å². The zero-order chi connectivity index (χ0) is 15.9. The van der Waals surface area contributed by atoms with Crippen LogP contribution in [0.4, 0.5) is 0 Å². The molecule has 0 aromatic heterocycles. The van der Waals surface area contributed by atoms with Crippen LogP contribution in [0.2, 0.25) is 0 Å². The molecule has 0 heterocycles. The second-order valence-electron chi connectivity index (χ2n) is 9.74. The lowest BCUT2D eigenvalue weighted by Crippen LogP contribution is -2.61. The minimum Gasteiger partial charge on any atom is -0.306 e. The van der Waals surface area contributed by atoms with Crippen LogP contribution in [0.5, 0.6) is 0 Å². The number of hydrogen-bond acceptors (Lipinski definition) is 1. The van der Waals surface area contributed by atoms with Crippen LogP contribution in [0.1, 0.15) is 83.1 Å². The van der Waals surface area contributed by atoms with E-state index in [1.807, 2.05) is 0 Å². The molecule has 0 spiro atoms. The van der Waals surface area contributed by atoms with Crippen molar-refractivity contribution >= 4 is 0 Å². The molecule has 1 heteroatoms. The summed E-state index contributed by atoms with van der Waals surface area (Å²) < 4.78 is 0. The smallest absolute Gasteiger partial charge is 0.0160 e. The summed E-state index contributed by atoms with van der Waals surface area (Å²) >= 11 is 0. The summed E-state index contributed by atoms with van der Waals surface area (Å²) in [6.07, 6.45) is 0. The van der Waals surface area contributed by atoms with E-state index in [0.717, 1.165) is 0 Å². The average molecular weight is 270 g/mol. The fourth-order valence-electron chi connectivity index (χ4n) is 3.21. The molecule has 1 N–H and O–H groups in total. The molecule has 0 aliphatic rings. The third-order valence-electron chi connectivity index (χ3n) is 5.41. The highest BCUT2D eigenvalue weighted by atomic mass is 15.1. The molecule has 0 aromatic carbocycles. The molecular formula is C18H39N. The predicted molar refractivity (Wildman–Crippen MR) is 88.5 cm³/mol. The van der Waals surface area contributed by atoms with Gasteiger partial charge in [-0.25, -0.2) is 0 Å². The molecule has 0 amide bonds. The summed E-state index contributed by atoms with van der Waals surface area (Å²) in [6, 6.07) is 0. The molecule has 2 unspecified atom stereocenters. The van der Waals surface area contributed by atoms with Crippen LogP contribution in [0.3, 0.4) is 0 Å². The predicted octanol–water partition coefficient (Wildman–Crippen LogP) is 5.50. The van der Waals surface area contributed by atoms with Gasteiger partial charge in [0.2, 0.25) is 0 Å². The molecule has 0 aromatic rings. The van der Waals surface area contributed by atoms with E-state index in [9.17, 15) is 0 Å². The van der Waals surface area contributed by atoms with Crippen LogP contribution in [0.25, 0.3) is 0 Å². The van der Waals surface area contributed by atoms with Crippen LogP contribution in [-0.4, -0.2) is 11.1 Å². The minimum atomic E-state index is 0.126. The summed E-state index contributed by atoms with van der Waals surface area (Å²) in [4.78, 5) is 0. The Labute approximate surface area is 122 Å². The molecule has 0 aliphatic heterocycles. The second kappa shape index (κ2) is 5.39. The Hall–Kier alpha value is -0.0400. The standard InChI is InChI=1S/C18H39N/c1-13(15(3,4)5)17(9,10)19-18(11,12)14(2)16(6,7)8/h13-14,19H,1-12H3. The number of nitrogens with one attached hydrogen (secondary N) is 1. The van der Waals surface area contributed by atoms with Crippen LogP contribution in [0.15, 0.2) is 0 Å². The van der Waals surface area contributed by atoms with Crippen LogP contribution < -0.4 is 5.32 Å². The molecule has 0 fully saturated rings. The Morgan fingerprint density at radius 3 is 0.895 bits per heavy atom. The SMILES string of the molecule is CC(C(C)(C)C)C(C)(C)NC(C)(C)C(C)C(C)(C)C. The highest BCUT2D eigenvalue weighted by Crippen LogP contribution is 2.39. The first-order chi connectivity index (χ1) is 8.02. The van der Waals surface area contributed by atoms with E-state index in [0.29, 0.717) is 22.7 Å². The summed E-state index contributed by atoms with van der Waals surface area (Å²) in [5.74, 6) is 1.21. The van der Waals surface area contributed by atoms with Gasteiger partial charge in [-0.2, -0.15) is 0 Å². The van der Waals surface area contributed by atoms with Crippen molar-refractivity contribution in [3.63, 3.8) is 0 Å². The number of hydrogen-bond donors (Lipinski definition) is 1. The van der Waals surface area contributed by atoms with E-state index in [-0.39, 0.29) is 11.1 Å². The lowest BCUT2D eigenvalue weighted by atomic mass is 9.67. The maximum Gasteiger partial charge on any atom is 0.0160 e. The Bertz CT molecular complexity index is 256. The van der Waals surface area contributed by atoms with Gasteiger partial charge in [-0.05, 0) is 50.4 Å². The first-order valence-electron chi connectivity index (χ1n) is 7.81. The van der Waals surface area contributed by atoms with Crippen LogP contribution in [-0.2, 0) is 0 Å². The average Bonchev–Trinajstić information content (AvgIpc) is 2.10. The fourth-order valence-corrected chi connectivity index (χ4v) is 3.21. The normalized spacial score (nSPS) is 18.3. The third kappa shape index (κ3) is 5.10. The largest absolute Gasteiger partial charge is 0.306 e. The molecular weight excluding hydrogens is 230 g/mol. The molecule has 0 bridgehead atoms. The van der Waals surface area contributed by atoms with Gasteiger partial charge < -0.3 is 5.32 Å². The fraction of sp³-hybridized carbons (Fsp3) is 1.00. The molecule has 116 valence electrons. The molecule has 1 nitrogen and oxygen atoms in total. The summed E-state index contributed by atoms with van der Waals surface area (Å²) in [7, 11) is 0. The van der Waals surface area contributed by atoms with Crippen molar-refractivity contribution in [2.24, 2.45) is 22.7 Å². The Balaban J connectivity index is 5.11. The maximum absolute atomic E-state index is 3.95. The van der Waals surface area contributed by atoms with Crippen molar-refractivity contribution in [1.82, 2.24) is 5.32 Å². The van der Waals surface area contributed by atoms with Crippen molar-refractivity contribution < 1.29 is 0 Å². The second-order valence-corrected chi connectivity index (χ2v) is 9.74. The molecule has 0 rings (SSSR count). The van der Waals surface area contributed by atoms with Gasteiger partial charge >= 0.3 is 0 Å². The summed E-state index contributed by atoms with van der Waals surface area (Å²) in [5.41, 5.74) is 0.887. The van der Waals surface area contributed by atoms with Gasteiger partial charge in [0, 0.05) is 11.1 Å². The van der Waals surface area contributed by atoms with E-state index < -0.39 is 0 Å². The Kier molecular flexibility index (Phi) is 5.38. The van der Waals surface area contributed by atoms with Crippen molar-refractivity contribution in [2.45, 2.75) is 94.2 Å². The van der Waals surface area contributed by atoms with Gasteiger partial charge in [0.25, 0.3) is 0 Å². The monoisotopic (exact) mass is 269 g/mol. The van der Waals surface area contributed by atoms with Crippen molar-refractivity contribution in [3.05, 3.63) is 0 Å². The van der Waals surface area contributed by atoms with Gasteiger partial charge in [-0.15, -0.1) is 0 Å².